The van der Waals surface area contributed by atoms with E-state index >= 15 is 0 Å². The molecular formula is C12H11N3O4. The first-order valence-corrected chi connectivity index (χ1v) is 5.40. The molecule has 1 aromatic carbocycles. The summed E-state index contributed by atoms with van der Waals surface area (Å²) < 4.78 is 4.50. The first-order chi connectivity index (χ1) is 9.10. The minimum atomic E-state index is -1.13. The van der Waals surface area contributed by atoms with Gasteiger partial charge in [0.2, 0.25) is 0 Å². The van der Waals surface area contributed by atoms with Gasteiger partial charge in [0.15, 0.2) is 0 Å². The highest BCUT2D eigenvalue weighted by Crippen LogP contribution is 1.97. The Bertz CT molecular complexity index is 547. The minimum Gasteiger partial charge on any atom is -0.457 e. The van der Waals surface area contributed by atoms with E-state index in [0.717, 1.165) is 0 Å². The monoisotopic (exact) mass is 261 g/mol. The van der Waals surface area contributed by atoms with Crippen LogP contribution in [0.2, 0.25) is 0 Å². The lowest BCUT2D eigenvalue weighted by molar-refractivity contribution is -0.141. The first kappa shape index (κ1) is 14.3. The average Bonchev–Trinajstić information content (AvgIpc) is 2.40. The fourth-order valence-corrected chi connectivity index (χ4v) is 1.20. The molecule has 0 saturated heterocycles. The summed E-state index contributed by atoms with van der Waals surface area (Å²) in [5.74, 6) is -2.95. The van der Waals surface area contributed by atoms with Crippen molar-refractivity contribution in [2.24, 2.45) is 0 Å². The molecule has 0 aliphatic rings. The SMILES string of the molecule is CCOC(=O)C(=[N+]=[N-])C(=O)NC(=O)c1ccccc1. The van der Waals surface area contributed by atoms with Gasteiger partial charge in [-0.15, -0.1) is 0 Å². The van der Waals surface area contributed by atoms with Gasteiger partial charge in [0.25, 0.3) is 5.91 Å². The molecule has 0 aromatic heterocycles. The first-order valence-electron chi connectivity index (χ1n) is 5.40. The van der Waals surface area contributed by atoms with Crippen LogP contribution in [0.1, 0.15) is 17.3 Å². The zero-order valence-corrected chi connectivity index (χ0v) is 10.1. The molecule has 0 saturated carbocycles. The second-order valence-corrected chi connectivity index (χ2v) is 3.32. The third-order valence-electron chi connectivity index (χ3n) is 2.05. The van der Waals surface area contributed by atoms with E-state index in [-0.39, 0.29) is 12.2 Å². The minimum absolute atomic E-state index is 0.0117. The predicted molar refractivity (Wildman–Crippen MR) is 64.2 cm³/mol. The molecule has 0 fully saturated rings. The lowest BCUT2D eigenvalue weighted by Crippen LogP contribution is -2.40. The van der Waals surface area contributed by atoms with Crippen molar-refractivity contribution in [3.63, 3.8) is 0 Å². The van der Waals surface area contributed by atoms with Crippen molar-refractivity contribution in [1.82, 2.24) is 5.32 Å². The van der Waals surface area contributed by atoms with Gasteiger partial charge in [-0.3, -0.25) is 14.9 Å². The van der Waals surface area contributed by atoms with Gasteiger partial charge >= 0.3 is 17.6 Å². The second-order valence-electron chi connectivity index (χ2n) is 3.32. The van der Waals surface area contributed by atoms with Gasteiger partial charge in [0.05, 0.1) is 6.61 Å². The number of imide groups is 1. The van der Waals surface area contributed by atoms with Crippen molar-refractivity contribution >= 4 is 23.5 Å². The van der Waals surface area contributed by atoms with Crippen LogP contribution >= 0.6 is 0 Å². The summed E-state index contributed by atoms with van der Waals surface area (Å²) in [6.07, 6.45) is 0. The number of nitrogens with one attached hydrogen (secondary N) is 1. The van der Waals surface area contributed by atoms with E-state index in [1.54, 1.807) is 18.2 Å². The summed E-state index contributed by atoms with van der Waals surface area (Å²) >= 11 is 0. The molecule has 19 heavy (non-hydrogen) atoms. The summed E-state index contributed by atoms with van der Waals surface area (Å²) in [4.78, 5) is 37.0. The normalized spacial score (nSPS) is 9.11. The van der Waals surface area contributed by atoms with Crippen molar-refractivity contribution in [3.05, 3.63) is 41.4 Å². The molecule has 0 aliphatic heterocycles. The van der Waals surface area contributed by atoms with Gasteiger partial charge in [-0.2, -0.15) is 4.79 Å². The number of carbonyl (C=O) groups is 3. The second kappa shape index (κ2) is 6.83. The highest BCUT2D eigenvalue weighted by Gasteiger charge is 2.32. The predicted octanol–water partition coefficient (Wildman–Crippen LogP) is 0.177. The lowest BCUT2D eigenvalue weighted by Gasteiger charge is -2.01. The maximum Gasteiger partial charge on any atom is 0.463 e. The number of rotatable bonds is 4. The van der Waals surface area contributed by atoms with E-state index in [1.807, 2.05) is 5.32 Å². The Hall–Kier alpha value is -2.79. The number of hydrogen-bond donors (Lipinski definition) is 1. The molecule has 7 nitrogen and oxygen atoms in total. The molecule has 0 unspecified atom stereocenters. The number of nitrogens with zero attached hydrogens (tertiary/aromatic N) is 2. The maximum atomic E-state index is 11.6. The summed E-state index contributed by atoms with van der Waals surface area (Å²) in [5, 5.41) is 1.92. The maximum absolute atomic E-state index is 11.6. The van der Waals surface area contributed by atoms with E-state index in [9.17, 15) is 14.4 Å². The zero-order valence-electron chi connectivity index (χ0n) is 10.1. The number of amides is 2. The standard InChI is InChI=1S/C12H11N3O4/c1-2-19-12(18)9(15-13)11(17)14-10(16)8-6-4-3-5-7-8/h3-7H,2H2,1H3,(H,14,16,17). The smallest absolute Gasteiger partial charge is 0.457 e. The summed E-state index contributed by atoms with van der Waals surface area (Å²) in [5.41, 5.74) is 7.94. The van der Waals surface area contributed by atoms with Crippen LogP contribution in [0.15, 0.2) is 30.3 Å². The Kier molecular flexibility index (Phi) is 5.13. The van der Waals surface area contributed by atoms with Crippen LogP contribution in [-0.4, -0.2) is 34.9 Å². The summed E-state index contributed by atoms with van der Waals surface area (Å²) in [7, 11) is 0. The lowest BCUT2D eigenvalue weighted by atomic mass is 10.2. The van der Waals surface area contributed by atoms with Gasteiger partial charge in [-0.25, -0.2) is 4.79 Å². The Balaban J connectivity index is 2.77. The fourth-order valence-electron chi connectivity index (χ4n) is 1.20. The van der Waals surface area contributed by atoms with Crippen LogP contribution in [0.25, 0.3) is 5.53 Å². The average molecular weight is 261 g/mol. The van der Waals surface area contributed by atoms with Crippen molar-refractivity contribution in [2.75, 3.05) is 6.61 Å². The van der Waals surface area contributed by atoms with Gasteiger partial charge in [0.1, 0.15) is 0 Å². The van der Waals surface area contributed by atoms with Crippen LogP contribution in [0.5, 0.6) is 0 Å². The van der Waals surface area contributed by atoms with Crippen molar-refractivity contribution in [3.8, 4) is 0 Å². The van der Waals surface area contributed by atoms with Gasteiger partial charge in [-0.05, 0) is 19.1 Å². The molecule has 1 N–H and O–H groups in total. The molecule has 0 radical (unpaired) electrons. The van der Waals surface area contributed by atoms with E-state index in [0.29, 0.717) is 0 Å². The van der Waals surface area contributed by atoms with Gasteiger partial charge in [-0.1, -0.05) is 18.2 Å². The Labute approximate surface area is 108 Å². The molecule has 0 spiro atoms. The summed E-state index contributed by atoms with van der Waals surface area (Å²) in [6, 6.07) is 7.92. The van der Waals surface area contributed by atoms with E-state index in [2.05, 4.69) is 9.53 Å². The molecular weight excluding hydrogens is 250 g/mol. The number of esters is 1. The van der Waals surface area contributed by atoms with Crippen LogP contribution in [0.4, 0.5) is 0 Å². The van der Waals surface area contributed by atoms with E-state index < -0.39 is 23.5 Å². The molecule has 1 rings (SSSR count). The van der Waals surface area contributed by atoms with Crippen molar-refractivity contribution in [1.29, 1.82) is 0 Å². The van der Waals surface area contributed by atoms with E-state index in [4.69, 9.17) is 5.53 Å². The largest absolute Gasteiger partial charge is 0.463 e. The highest BCUT2D eigenvalue weighted by atomic mass is 16.5. The Morgan fingerprint density at radius 3 is 2.42 bits per heavy atom. The zero-order chi connectivity index (χ0) is 14.3. The van der Waals surface area contributed by atoms with Crippen molar-refractivity contribution in [2.45, 2.75) is 6.92 Å². The van der Waals surface area contributed by atoms with Crippen LogP contribution in [0.3, 0.4) is 0 Å². The highest BCUT2D eigenvalue weighted by molar-refractivity contribution is 6.62. The molecule has 0 aliphatic carbocycles. The molecule has 7 heteroatoms. The molecule has 0 atom stereocenters. The number of carbonyl (C=O) groups excluding carboxylic acids is 3. The van der Waals surface area contributed by atoms with Crippen LogP contribution < -0.4 is 5.32 Å². The molecule has 0 heterocycles. The summed E-state index contributed by atoms with van der Waals surface area (Å²) in [6.45, 7) is 1.54. The Morgan fingerprint density at radius 2 is 1.89 bits per heavy atom. The quantitative estimate of drug-likeness (QED) is 0.274. The topological polar surface area (TPSA) is 109 Å². The molecule has 0 bridgehead atoms. The van der Waals surface area contributed by atoms with Gasteiger partial charge in [0, 0.05) is 5.56 Å². The number of benzene rings is 1. The van der Waals surface area contributed by atoms with E-state index in [1.165, 1.54) is 19.1 Å². The van der Waals surface area contributed by atoms with Crippen molar-refractivity contribution < 1.29 is 23.9 Å². The van der Waals surface area contributed by atoms with Crippen LogP contribution in [-0.2, 0) is 14.3 Å². The number of ether oxygens (including phenoxy) is 1. The molecule has 1 aromatic rings. The van der Waals surface area contributed by atoms with Gasteiger partial charge < -0.3 is 10.3 Å². The third-order valence-corrected chi connectivity index (χ3v) is 2.05. The molecule has 2 amide bonds. The third kappa shape index (κ3) is 3.86. The molecule has 98 valence electrons. The number of hydrogen-bond acceptors (Lipinski definition) is 4. The fraction of sp³-hybridized carbons (Fsp3) is 0.167. The Morgan fingerprint density at radius 1 is 1.26 bits per heavy atom. The van der Waals surface area contributed by atoms with Crippen LogP contribution in [0, 0.1) is 0 Å².